The average molecular weight is 402 g/mol. The van der Waals surface area contributed by atoms with E-state index in [9.17, 15) is 19.2 Å². The first kappa shape index (κ1) is 18.3. The Morgan fingerprint density at radius 1 is 1.07 bits per heavy atom. The molecule has 2 N–H and O–H groups in total. The molecule has 150 valence electrons. The number of aliphatic carboxylic acids is 1. The third kappa shape index (κ3) is 2.82. The van der Waals surface area contributed by atoms with Gasteiger partial charge in [0.15, 0.2) is 0 Å². The minimum atomic E-state index is -1.27. The summed E-state index contributed by atoms with van der Waals surface area (Å²) >= 11 is 0. The number of imide groups is 1. The number of benzene rings is 2. The molecule has 4 aliphatic rings. The molecular weight excluding hydrogens is 384 g/mol. The molecule has 7 heteroatoms. The van der Waals surface area contributed by atoms with E-state index in [1.165, 1.54) is 6.07 Å². The normalized spacial score (nSPS) is 21.7. The number of carboxylic acids is 1. The van der Waals surface area contributed by atoms with Gasteiger partial charge in [0.1, 0.15) is 6.54 Å². The lowest BCUT2D eigenvalue weighted by molar-refractivity contribution is -0.137. The van der Waals surface area contributed by atoms with Crippen LogP contribution in [0, 0.1) is 11.8 Å². The highest BCUT2D eigenvalue weighted by atomic mass is 16.4. The fourth-order valence-corrected chi connectivity index (χ4v) is 4.55. The van der Waals surface area contributed by atoms with Gasteiger partial charge in [-0.15, -0.1) is 0 Å². The molecule has 0 spiro atoms. The maximum absolute atomic E-state index is 12.9. The second-order valence-electron chi connectivity index (χ2n) is 7.83. The number of nitrogens with zero attached hydrogens (tertiary/aromatic N) is 1. The van der Waals surface area contributed by atoms with Crippen LogP contribution in [0.4, 0.5) is 5.69 Å². The van der Waals surface area contributed by atoms with E-state index in [2.05, 4.69) is 17.5 Å². The second kappa shape index (κ2) is 6.66. The van der Waals surface area contributed by atoms with Crippen LogP contribution in [0.25, 0.3) is 10.8 Å². The maximum Gasteiger partial charge on any atom is 0.323 e. The molecule has 6 rings (SSSR count). The monoisotopic (exact) mass is 402 g/mol. The van der Waals surface area contributed by atoms with Crippen LogP contribution in [-0.4, -0.2) is 40.2 Å². The molecule has 0 saturated heterocycles. The predicted octanol–water partition coefficient (Wildman–Crippen LogP) is 2.98. The molecule has 0 radical (unpaired) electrons. The molecule has 3 amide bonds. The van der Waals surface area contributed by atoms with E-state index in [4.69, 9.17) is 5.11 Å². The Balaban J connectivity index is 1.54. The minimum Gasteiger partial charge on any atom is -0.480 e. The van der Waals surface area contributed by atoms with Crippen molar-refractivity contribution in [2.24, 2.45) is 11.8 Å². The van der Waals surface area contributed by atoms with Crippen molar-refractivity contribution >= 4 is 40.2 Å². The fourth-order valence-electron chi connectivity index (χ4n) is 4.55. The van der Waals surface area contributed by atoms with Crippen molar-refractivity contribution in [1.29, 1.82) is 0 Å². The topological polar surface area (TPSA) is 104 Å². The van der Waals surface area contributed by atoms with Crippen molar-refractivity contribution in [2.75, 3.05) is 11.9 Å². The first-order chi connectivity index (χ1) is 14.4. The van der Waals surface area contributed by atoms with E-state index in [1.54, 1.807) is 24.3 Å². The molecule has 0 saturated carbocycles. The van der Waals surface area contributed by atoms with E-state index in [-0.39, 0.29) is 28.9 Å². The molecule has 30 heavy (non-hydrogen) atoms. The van der Waals surface area contributed by atoms with E-state index in [1.807, 2.05) is 6.08 Å². The van der Waals surface area contributed by atoms with Gasteiger partial charge in [0, 0.05) is 28.1 Å². The van der Waals surface area contributed by atoms with Gasteiger partial charge in [-0.05, 0) is 42.3 Å². The number of carbonyl (C=O) groups is 4. The zero-order chi connectivity index (χ0) is 21.0. The van der Waals surface area contributed by atoms with Crippen molar-refractivity contribution in [2.45, 2.75) is 12.8 Å². The summed E-state index contributed by atoms with van der Waals surface area (Å²) < 4.78 is 0. The molecule has 0 fully saturated rings. The molecule has 2 aromatic carbocycles. The summed E-state index contributed by atoms with van der Waals surface area (Å²) in [4.78, 5) is 50.3. The number of hydrogen-bond acceptors (Lipinski definition) is 4. The number of allylic oxidation sites excluding steroid dienone is 3. The van der Waals surface area contributed by atoms with Gasteiger partial charge in [-0.1, -0.05) is 30.4 Å². The zero-order valence-electron chi connectivity index (χ0n) is 15.9. The van der Waals surface area contributed by atoms with Crippen molar-refractivity contribution in [3.8, 4) is 0 Å². The van der Waals surface area contributed by atoms with E-state index in [0.717, 1.165) is 23.3 Å². The van der Waals surface area contributed by atoms with Crippen LogP contribution < -0.4 is 5.32 Å². The fraction of sp³-hybridized carbons (Fsp3) is 0.217. The van der Waals surface area contributed by atoms with Crippen LogP contribution in [0.5, 0.6) is 0 Å². The Morgan fingerprint density at radius 3 is 2.53 bits per heavy atom. The average Bonchev–Trinajstić information content (AvgIpc) is 2.75. The molecular formula is C23H18N2O5. The molecule has 1 heterocycles. The third-order valence-corrected chi connectivity index (χ3v) is 5.94. The number of carbonyl (C=O) groups excluding carboxylic acids is 3. The SMILES string of the molecule is O=C(O)CN1C(=O)c2cccc3cc(NC(=O)C4=CC5C=CC4CC5)cc(c23)C1=O. The molecule has 7 nitrogen and oxygen atoms in total. The summed E-state index contributed by atoms with van der Waals surface area (Å²) in [6, 6.07) is 8.25. The number of carboxylic acid groups (broad SMARTS) is 1. The Hall–Kier alpha value is -3.74. The molecule has 0 aromatic heterocycles. The van der Waals surface area contributed by atoms with Gasteiger partial charge in [0.25, 0.3) is 17.7 Å². The number of nitrogens with one attached hydrogen (secondary N) is 1. The molecule has 2 aromatic rings. The van der Waals surface area contributed by atoms with Crippen LogP contribution >= 0.6 is 0 Å². The quantitative estimate of drug-likeness (QED) is 0.604. The summed E-state index contributed by atoms with van der Waals surface area (Å²) in [5.74, 6) is -2.41. The maximum atomic E-state index is 12.9. The first-order valence-electron chi connectivity index (χ1n) is 9.78. The highest BCUT2D eigenvalue weighted by molar-refractivity contribution is 6.26. The minimum absolute atomic E-state index is 0.103. The molecule has 1 aliphatic heterocycles. The van der Waals surface area contributed by atoms with Crippen molar-refractivity contribution in [1.82, 2.24) is 4.90 Å². The number of hydrogen-bond donors (Lipinski definition) is 2. The van der Waals surface area contributed by atoms with Gasteiger partial charge >= 0.3 is 5.97 Å². The predicted molar refractivity (Wildman–Crippen MR) is 109 cm³/mol. The first-order valence-corrected chi connectivity index (χ1v) is 9.78. The molecule has 2 atom stereocenters. The molecule has 2 bridgehead atoms. The third-order valence-electron chi connectivity index (χ3n) is 5.94. The van der Waals surface area contributed by atoms with Crippen molar-refractivity contribution in [3.63, 3.8) is 0 Å². The highest BCUT2D eigenvalue weighted by Crippen LogP contribution is 2.37. The summed E-state index contributed by atoms with van der Waals surface area (Å²) in [7, 11) is 0. The lowest BCUT2D eigenvalue weighted by Gasteiger charge is -2.30. The Kier molecular flexibility index (Phi) is 4.06. The standard InChI is InChI=1S/C23H18N2O5/c26-19(27)11-25-22(29)16-3-1-2-14-9-15(10-18(20(14)16)23(25)30)24-21(28)17-8-12-4-6-13(17)7-5-12/h1-4,6,8-10,12-13H,5,7,11H2,(H,24,28)(H,26,27). The van der Waals surface area contributed by atoms with E-state index < -0.39 is 24.3 Å². The van der Waals surface area contributed by atoms with Crippen LogP contribution in [0.2, 0.25) is 0 Å². The van der Waals surface area contributed by atoms with Crippen LogP contribution in [-0.2, 0) is 9.59 Å². The van der Waals surface area contributed by atoms with Gasteiger partial charge in [-0.3, -0.25) is 24.1 Å². The second-order valence-corrected chi connectivity index (χ2v) is 7.83. The Morgan fingerprint density at radius 2 is 1.87 bits per heavy atom. The Labute approximate surface area is 171 Å². The highest BCUT2D eigenvalue weighted by Gasteiger charge is 2.35. The lowest BCUT2D eigenvalue weighted by atomic mass is 9.76. The number of amides is 3. The van der Waals surface area contributed by atoms with Gasteiger partial charge < -0.3 is 10.4 Å². The summed E-state index contributed by atoms with van der Waals surface area (Å²) in [5, 5.41) is 13.1. The number of fused-ring (bicyclic) bond motifs is 1. The summed E-state index contributed by atoms with van der Waals surface area (Å²) in [6.45, 7) is -0.716. The van der Waals surface area contributed by atoms with Gasteiger partial charge in [0.2, 0.25) is 0 Å². The van der Waals surface area contributed by atoms with Crippen LogP contribution in [0.1, 0.15) is 33.6 Å². The molecule has 3 aliphatic carbocycles. The summed E-state index contributed by atoms with van der Waals surface area (Å²) in [6.07, 6.45) is 8.17. The van der Waals surface area contributed by atoms with Gasteiger partial charge in [-0.25, -0.2) is 0 Å². The lowest BCUT2D eigenvalue weighted by Crippen LogP contribution is -2.43. The Bertz CT molecular complexity index is 1210. The largest absolute Gasteiger partial charge is 0.480 e. The number of anilines is 1. The van der Waals surface area contributed by atoms with Gasteiger partial charge in [0.05, 0.1) is 5.56 Å². The van der Waals surface area contributed by atoms with Gasteiger partial charge in [-0.2, -0.15) is 0 Å². The van der Waals surface area contributed by atoms with Crippen LogP contribution in [0.3, 0.4) is 0 Å². The van der Waals surface area contributed by atoms with E-state index in [0.29, 0.717) is 16.5 Å². The van der Waals surface area contributed by atoms with Crippen LogP contribution in [0.15, 0.2) is 54.1 Å². The summed E-state index contributed by atoms with van der Waals surface area (Å²) in [5.41, 5.74) is 1.64. The van der Waals surface area contributed by atoms with E-state index >= 15 is 0 Å². The van der Waals surface area contributed by atoms with Crippen molar-refractivity contribution in [3.05, 3.63) is 65.3 Å². The molecule has 2 unspecified atom stereocenters. The zero-order valence-corrected chi connectivity index (χ0v) is 15.9. The number of rotatable bonds is 4. The smallest absolute Gasteiger partial charge is 0.323 e. The van der Waals surface area contributed by atoms with Crippen molar-refractivity contribution < 1.29 is 24.3 Å².